The quantitative estimate of drug-likeness (QED) is 0.702. The van der Waals surface area contributed by atoms with E-state index in [1.54, 1.807) is 18.3 Å². The molecule has 0 amide bonds. The number of aliphatic hydroxyl groups excluding tert-OH is 1. The van der Waals surface area contributed by atoms with Crippen molar-refractivity contribution in [3.63, 3.8) is 0 Å². The Hall–Kier alpha value is -1.48. The maximum absolute atomic E-state index is 10.00. The molecule has 3 nitrogen and oxygen atoms in total. The van der Waals surface area contributed by atoms with Crippen LogP contribution in [0, 0.1) is 0 Å². The summed E-state index contributed by atoms with van der Waals surface area (Å²) < 4.78 is 0. The molecule has 1 rings (SSSR count). The normalized spacial score (nSPS) is 10.5. The average molecular weight is 177 g/mol. The number of allylic oxidation sites excluding steroid dienone is 1. The fraction of sp³-hybridized carbons (Fsp3) is 0.200. The fourth-order valence-electron chi connectivity index (χ4n) is 0.888. The van der Waals surface area contributed by atoms with Crippen molar-refractivity contribution in [3.8, 4) is 0 Å². The van der Waals surface area contributed by atoms with Gasteiger partial charge in [-0.1, -0.05) is 18.2 Å². The van der Waals surface area contributed by atoms with Gasteiger partial charge in [-0.3, -0.25) is 4.98 Å². The van der Waals surface area contributed by atoms with Crippen LogP contribution in [-0.4, -0.2) is 16.4 Å². The van der Waals surface area contributed by atoms with Gasteiger partial charge < -0.3 is 9.90 Å². The summed E-state index contributed by atoms with van der Waals surface area (Å²) in [6, 6.07) is 3.60. The van der Waals surface area contributed by atoms with Crippen LogP contribution >= 0.6 is 0 Å². The Labute approximate surface area is 76.7 Å². The molecule has 0 aliphatic carbocycles. The van der Waals surface area contributed by atoms with Crippen molar-refractivity contribution in [2.24, 2.45) is 0 Å². The lowest BCUT2D eigenvalue weighted by molar-refractivity contribution is -0.107. The SMILES string of the molecule is O=CCC=Cc1ccc(CO)nc1. The highest BCUT2D eigenvalue weighted by molar-refractivity contribution is 5.57. The number of pyridine rings is 1. The van der Waals surface area contributed by atoms with Gasteiger partial charge in [0.2, 0.25) is 0 Å². The molecule has 1 aromatic heterocycles. The third kappa shape index (κ3) is 3.17. The fourth-order valence-corrected chi connectivity index (χ4v) is 0.888. The summed E-state index contributed by atoms with van der Waals surface area (Å²) >= 11 is 0. The van der Waals surface area contributed by atoms with Crippen molar-refractivity contribution in [2.75, 3.05) is 0 Å². The molecule has 0 spiro atoms. The van der Waals surface area contributed by atoms with Crippen LogP contribution in [0.3, 0.4) is 0 Å². The molecule has 0 radical (unpaired) electrons. The Morgan fingerprint density at radius 3 is 2.85 bits per heavy atom. The summed E-state index contributed by atoms with van der Waals surface area (Å²) in [7, 11) is 0. The van der Waals surface area contributed by atoms with Crippen molar-refractivity contribution in [1.29, 1.82) is 0 Å². The number of aldehydes is 1. The second-order valence-corrected chi connectivity index (χ2v) is 2.55. The maximum Gasteiger partial charge on any atom is 0.123 e. The monoisotopic (exact) mass is 177 g/mol. The zero-order valence-corrected chi connectivity index (χ0v) is 7.18. The van der Waals surface area contributed by atoms with Crippen LogP contribution in [0.2, 0.25) is 0 Å². The number of aliphatic hydroxyl groups is 1. The molecule has 0 unspecified atom stereocenters. The predicted molar refractivity (Wildman–Crippen MR) is 49.9 cm³/mol. The van der Waals surface area contributed by atoms with Crippen molar-refractivity contribution in [1.82, 2.24) is 4.98 Å². The first-order chi connectivity index (χ1) is 6.36. The Morgan fingerprint density at radius 2 is 2.31 bits per heavy atom. The molecule has 0 fully saturated rings. The van der Waals surface area contributed by atoms with E-state index in [0.717, 1.165) is 11.8 Å². The van der Waals surface area contributed by atoms with Gasteiger partial charge in [-0.2, -0.15) is 0 Å². The maximum atomic E-state index is 10.00. The minimum Gasteiger partial charge on any atom is -0.390 e. The molecular formula is C10H11NO2. The lowest BCUT2D eigenvalue weighted by atomic mass is 10.2. The van der Waals surface area contributed by atoms with Crippen LogP contribution in [-0.2, 0) is 11.4 Å². The Balaban J connectivity index is 2.63. The Kier molecular flexibility index (Phi) is 3.85. The minimum absolute atomic E-state index is 0.0433. The zero-order valence-electron chi connectivity index (χ0n) is 7.18. The van der Waals surface area contributed by atoms with Crippen LogP contribution in [0.4, 0.5) is 0 Å². The van der Waals surface area contributed by atoms with Gasteiger partial charge in [0, 0.05) is 12.6 Å². The van der Waals surface area contributed by atoms with Gasteiger partial charge >= 0.3 is 0 Å². The first-order valence-electron chi connectivity index (χ1n) is 4.03. The van der Waals surface area contributed by atoms with Gasteiger partial charge in [-0.05, 0) is 11.6 Å². The molecule has 0 atom stereocenters. The van der Waals surface area contributed by atoms with E-state index >= 15 is 0 Å². The largest absolute Gasteiger partial charge is 0.390 e. The molecule has 0 aromatic carbocycles. The summed E-state index contributed by atoms with van der Waals surface area (Å²) in [4.78, 5) is 14.0. The van der Waals surface area contributed by atoms with Crippen molar-refractivity contribution in [3.05, 3.63) is 35.7 Å². The highest BCUT2D eigenvalue weighted by atomic mass is 16.3. The van der Waals surface area contributed by atoms with Gasteiger partial charge in [-0.15, -0.1) is 0 Å². The van der Waals surface area contributed by atoms with E-state index in [9.17, 15) is 4.79 Å². The van der Waals surface area contributed by atoms with E-state index in [2.05, 4.69) is 4.98 Å². The van der Waals surface area contributed by atoms with Crippen molar-refractivity contribution < 1.29 is 9.90 Å². The smallest absolute Gasteiger partial charge is 0.123 e. The second kappa shape index (κ2) is 5.22. The van der Waals surface area contributed by atoms with E-state index < -0.39 is 0 Å². The zero-order chi connectivity index (χ0) is 9.52. The van der Waals surface area contributed by atoms with Gasteiger partial charge in [-0.25, -0.2) is 0 Å². The Morgan fingerprint density at radius 1 is 1.46 bits per heavy atom. The van der Waals surface area contributed by atoms with E-state index in [4.69, 9.17) is 5.11 Å². The molecule has 0 bridgehead atoms. The van der Waals surface area contributed by atoms with Crippen LogP contribution in [0.25, 0.3) is 6.08 Å². The van der Waals surface area contributed by atoms with Crippen molar-refractivity contribution >= 4 is 12.4 Å². The topological polar surface area (TPSA) is 50.2 Å². The van der Waals surface area contributed by atoms with Gasteiger partial charge in [0.15, 0.2) is 0 Å². The number of rotatable bonds is 4. The minimum atomic E-state index is -0.0433. The van der Waals surface area contributed by atoms with E-state index in [0.29, 0.717) is 12.1 Å². The summed E-state index contributed by atoms with van der Waals surface area (Å²) in [6.07, 6.45) is 6.51. The molecule has 68 valence electrons. The third-order valence-electron chi connectivity index (χ3n) is 1.55. The number of carbonyl (C=O) groups is 1. The Bertz CT molecular complexity index is 290. The van der Waals surface area contributed by atoms with Crippen molar-refractivity contribution in [2.45, 2.75) is 13.0 Å². The molecule has 0 saturated carbocycles. The molecular weight excluding hydrogens is 166 g/mol. The van der Waals surface area contributed by atoms with Gasteiger partial charge in [0.1, 0.15) is 6.29 Å². The summed E-state index contributed by atoms with van der Waals surface area (Å²) in [5.74, 6) is 0. The lowest BCUT2D eigenvalue weighted by Crippen LogP contribution is -1.87. The molecule has 0 aliphatic rings. The predicted octanol–water partition coefficient (Wildman–Crippen LogP) is 1.18. The van der Waals surface area contributed by atoms with E-state index in [-0.39, 0.29) is 6.61 Å². The molecule has 1 heterocycles. The standard InChI is InChI=1S/C10H11NO2/c12-6-2-1-3-9-4-5-10(8-13)11-7-9/h1,3-7,13H,2,8H2. The summed E-state index contributed by atoms with van der Waals surface area (Å²) in [5, 5.41) is 8.72. The van der Waals surface area contributed by atoms with Gasteiger partial charge in [0.05, 0.1) is 12.3 Å². The van der Waals surface area contributed by atoms with Crippen LogP contribution < -0.4 is 0 Å². The number of nitrogens with zero attached hydrogens (tertiary/aromatic N) is 1. The molecule has 0 aliphatic heterocycles. The van der Waals surface area contributed by atoms with E-state index in [1.807, 2.05) is 12.1 Å². The summed E-state index contributed by atoms with van der Waals surface area (Å²) in [5.41, 5.74) is 1.58. The lowest BCUT2D eigenvalue weighted by Gasteiger charge is -1.95. The van der Waals surface area contributed by atoms with Crippen LogP contribution in [0.1, 0.15) is 17.7 Å². The number of carbonyl (C=O) groups excluding carboxylic acids is 1. The second-order valence-electron chi connectivity index (χ2n) is 2.55. The molecule has 1 N–H and O–H groups in total. The first kappa shape index (κ1) is 9.61. The average Bonchev–Trinajstić information content (AvgIpc) is 2.19. The molecule has 0 saturated heterocycles. The van der Waals surface area contributed by atoms with E-state index in [1.165, 1.54) is 0 Å². The number of hydrogen-bond donors (Lipinski definition) is 1. The third-order valence-corrected chi connectivity index (χ3v) is 1.55. The molecule has 1 aromatic rings. The molecule has 3 heteroatoms. The number of aromatic nitrogens is 1. The summed E-state index contributed by atoms with van der Waals surface area (Å²) in [6.45, 7) is -0.0433. The van der Waals surface area contributed by atoms with Gasteiger partial charge in [0.25, 0.3) is 0 Å². The highest BCUT2D eigenvalue weighted by Crippen LogP contribution is 2.02. The van der Waals surface area contributed by atoms with Crippen LogP contribution in [0.15, 0.2) is 24.4 Å². The first-order valence-corrected chi connectivity index (χ1v) is 4.03. The molecule has 13 heavy (non-hydrogen) atoms. The highest BCUT2D eigenvalue weighted by Gasteiger charge is 1.90. The number of hydrogen-bond acceptors (Lipinski definition) is 3. The van der Waals surface area contributed by atoms with Crippen LogP contribution in [0.5, 0.6) is 0 Å².